The molecule has 26 heavy (non-hydrogen) atoms. The topological polar surface area (TPSA) is 71.8 Å². The molecule has 0 saturated carbocycles. The van der Waals surface area contributed by atoms with Gasteiger partial charge in [0.05, 0.1) is 11.9 Å². The van der Waals surface area contributed by atoms with Gasteiger partial charge in [-0.05, 0) is 33.6 Å². The van der Waals surface area contributed by atoms with E-state index in [0.717, 1.165) is 41.7 Å². The van der Waals surface area contributed by atoms with Crippen molar-refractivity contribution in [2.24, 2.45) is 0 Å². The molecule has 1 saturated heterocycles. The Bertz CT molecular complexity index is 744. The van der Waals surface area contributed by atoms with Crippen LogP contribution in [0.4, 0.5) is 9.93 Å². The summed E-state index contributed by atoms with van der Waals surface area (Å²) in [6.45, 7) is 13.8. The lowest BCUT2D eigenvalue weighted by molar-refractivity contribution is 0.0497. The first-order chi connectivity index (χ1) is 12.0. The van der Waals surface area contributed by atoms with Crippen LogP contribution in [0.1, 0.15) is 60.1 Å². The molecule has 1 amide bonds. The van der Waals surface area contributed by atoms with Crippen LogP contribution in [0.3, 0.4) is 0 Å². The quantitative estimate of drug-likeness (QED) is 0.863. The molecule has 3 rings (SSSR count). The van der Waals surface area contributed by atoms with Gasteiger partial charge in [0.15, 0.2) is 0 Å². The van der Waals surface area contributed by atoms with Gasteiger partial charge >= 0.3 is 6.09 Å². The van der Waals surface area contributed by atoms with Crippen LogP contribution in [0, 0.1) is 0 Å². The summed E-state index contributed by atoms with van der Waals surface area (Å²) >= 11 is 1.62. The van der Waals surface area contributed by atoms with E-state index in [0.29, 0.717) is 0 Å². The number of piperidine rings is 1. The molecular weight excluding hydrogens is 350 g/mol. The number of hydrogen-bond donors (Lipinski definition) is 1. The summed E-state index contributed by atoms with van der Waals surface area (Å²) in [6.07, 6.45) is 3.45. The van der Waals surface area contributed by atoms with Gasteiger partial charge in [0.2, 0.25) is 10.1 Å². The summed E-state index contributed by atoms with van der Waals surface area (Å²) in [5.74, 6) is 0. The summed E-state index contributed by atoms with van der Waals surface area (Å²) < 4.78 is 7.22. The average molecular weight is 380 g/mol. The van der Waals surface area contributed by atoms with E-state index in [2.05, 4.69) is 31.0 Å². The minimum Gasteiger partial charge on any atom is -0.444 e. The maximum atomic E-state index is 11.9. The van der Waals surface area contributed by atoms with E-state index in [-0.39, 0.29) is 17.6 Å². The van der Waals surface area contributed by atoms with Gasteiger partial charge < -0.3 is 15.0 Å². The van der Waals surface area contributed by atoms with E-state index in [9.17, 15) is 4.79 Å². The molecule has 144 valence electrons. The Morgan fingerprint density at radius 3 is 2.42 bits per heavy atom. The molecule has 0 bridgehead atoms. The molecule has 1 fully saturated rings. The Morgan fingerprint density at radius 1 is 1.23 bits per heavy atom. The van der Waals surface area contributed by atoms with E-state index in [4.69, 9.17) is 14.8 Å². The standard InChI is InChI=1S/C18H29N5O2S/c1-17(2,3)13-11-23-14(20-13)26-15(21-23)22-9-7-12(8-10-22)19-16(24)25-18(4,5)6/h11-12H,7-10H2,1-6H3,(H,19,24). The van der Waals surface area contributed by atoms with Crippen molar-refractivity contribution < 1.29 is 9.53 Å². The van der Waals surface area contributed by atoms with Gasteiger partial charge in [-0.3, -0.25) is 0 Å². The Morgan fingerprint density at radius 2 is 1.88 bits per heavy atom. The molecule has 1 N–H and O–H groups in total. The predicted molar refractivity (Wildman–Crippen MR) is 104 cm³/mol. The Hall–Kier alpha value is -1.83. The zero-order chi connectivity index (χ0) is 19.1. The van der Waals surface area contributed by atoms with Gasteiger partial charge in [-0.1, -0.05) is 32.1 Å². The van der Waals surface area contributed by atoms with Gasteiger partial charge in [0, 0.05) is 24.5 Å². The molecule has 2 aromatic rings. The molecule has 1 aliphatic heterocycles. The first-order valence-electron chi connectivity index (χ1n) is 9.12. The molecule has 0 aliphatic carbocycles. The highest BCUT2D eigenvalue weighted by Crippen LogP contribution is 2.29. The highest BCUT2D eigenvalue weighted by atomic mass is 32.1. The number of carbonyl (C=O) groups excluding carboxylic acids is 1. The van der Waals surface area contributed by atoms with E-state index in [1.54, 1.807) is 11.3 Å². The van der Waals surface area contributed by atoms with Crippen LogP contribution in [-0.4, -0.2) is 45.4 Å². The van der Waals surface area contributed by atoms with Gasteiger partial charge in [0.25, 0.3) is 0 Å². The van der Waals surface area contributed by atoms with Gasteiger partial charge in [0.1, 0.15) is 5.60 Å². The minimum atomic E-state index is -0.466. The van der Waals surface area contributed by atoms with Crippen molar-refractivity contribution in [2.75, 3.05) is 18.0 Å². The number of nitrogens with zero attached hydrogens (tertiary/aromatic N) is 4. The number of anilines is 1. The fourth-order valence-electron chi connectivity index (χ4n) is 2.87. The lowest BCUT2D eigenvalue weighted by atomic mass is 9.93. The van der Waals surface area contributed by atoms with Crippen LogP contribution in [-0.2, 0) is 10.2 Å². The number of hydrogen-bond acceptors (Lipinski definition) is 6. The molecule has 0 spiro atoms. The lowest BCUT2D eigenvalue weighted by Crippen LogP contribution is -2.46. The third kappa shape index (κ3) is 4.47. The summed E-state index contributed by atoms with van der Waals surface area (Å²) in [4.78, 5) is 19.8. The second-order valence-electron chi connectivity index (χ2n) is 8.90. The minimum absolute atomic E-state index is 0.0270. The van der Waals surface area contributed by atoms with Crippen molar-refractivity contribution in [1.29, 1.82) is 0 Å². The maximum Gasteiger partial charge on any atom is 0.407 e. The number of nitrogens with one attached hydrogen (secondary N) is 1. The van der Waals surface area contributed by atoms with Gasteiger partial charge in [-0.25, -0.2) is 14.3 Å². The van der Waals surface area contributed by atoms with Crippen LogP contribution < -0.4 is 10.2 Å². The van der Waals surface area contributed by atoms with Gasteiger partial charge in [-0.2, -0.15) is 0 Å². The van der Waals surface area contributed by atoms with Crippen LogP contribution in [0.2, 0.25) is 0 Å². The number of carbonyl (C=O) groups is 1. The summed E-state index contributed by atoms with van der Waals surface area (Å²) in [5.41, 5.74) is 0.620. The summed E-state index contributed by atoms with van der Waals surface area (Å²) in [6, 6.07) is 0.151. The SMILES string of the molecule is CC(C)(C)OC(=O)NC1CCN(c2nn3cc(C(C)(C)C)nc3s2)CC1. The van der Waals surface area contributed by atoms with Crippen LogP contribution in [0.5, 0.6) is 0 Å². The fraction of sp³-hybridized carbons (Fsp3) is 0.722. The molecule has 3 heterocycles. The number of fused-ring (bicyclic) bond motifs is 1. The van der Waals surface area contributed by atoms with Gasteiger partial charge in [-0.15, -0.1) is 5.10 Å². The first-order valence-corrected chi connectivity index (χ1v) is 9.94. The van der Waals surface area contributed by atoms with Crippen molar-refractivity contribution in [2.45, 2.75) is 71.4 Å². The van der Waals surface area contributed by atoms with Crippen LogP contribution in [0.15, 0.2) is 6.20 Å². The van der Waals surface area contributed by atoms with Crippen molar-refractivity contribution >= 4 is 27.5 Å². The van der Waals surface area contributed by atoms with Crippen LogP contribution >= 0.6 is 11.3 Å². The molecule has 1 aliphatic rings. The molecular formula is C18H29N5O2S. The largest absolute Gasteiger partial charge is 0.444 e. The zero-order valence-electron chi connectivity index (χ0n) is 16.5. The van der Waals surface area contributed by atoms with Crippen molar-refractivity contribution in [3.8, 4) is 0 Å². The lowest BCUT2D eigenvalue weighted by Gasteiger charge is -2.32. The highest BCUT2D eigenvalue weighted by molar-refractivity contribution is 7.20. The molecule has 0 unspecified atom stereocenters. The summed E-state index contributed by atoms with van der Waals surface area (Å²) in [7, 11) is 0. The number of alkyl carbamates (subject to hydrolysis) is 1. The highest BCUT2D eigenvalue weighted by Gasteiger charge is 2.26. The van der Waals surface area contributed by atoms with Crippen molar-refractivity contribution in [1.82, 2.24) is 19.9 Å². The number of ether oxygens (including phenoxy) is 1. The molecule has 0 atom stereocenters. The predicted octanol–water partition coefficient (Wildman–Crippen LogP) is 3.58. The Kier molecular flexibility index (Phi) is 4.90. The molecule has 0 radical (unpaired) electrons. The van der Waals surface area contributed by atoms with Crippen molar-refractivity contribution in [3.63, 3.8) is 0 Å². The monoisotopic (exact) mass is 379 g/mol. The third-order valence-corrected chi connectivity index (χ3v) is 5.27. The van der Waals surface area contributed by atoms with E-state index >= 15 is 0 Å². The molecule has 2 aromatic heterocycles. The Labute approximate surface area is 158 Å². The number of imidazole rings is 1. The number of rotatable bonds is 2. The van der Waals surface area contributed by atoms with Crippen molar-refractivity contribution in [3.05, 3.63) is 11.9 Å². The van der Waals surface area contributed by atoms with E-state index in [1.807, 2.05) is 31.5 Å². The Balaban J connectivity index is 1.57. The van der Waals surface area contributed by atoms with E-state index in [1.165, 1.54) is 0 Å². The normalized spacial score (nSPS) is 16.9. The maximum absolute atomic E-state index is 11.9. The molecule has 7 nitrogen and oxygen atoms in total. The van der Waals surface area contributed by atoms with E-state index < -0.39 is 5.60 Å². The number of amides is 1. The third-order valence-electron chi connectivity index (χ3n) is 4.29. The second-order valence-corrected chi connectivity index (χ2v) is 9.83. The first kappa shape index (κ1) is 18.9. The molecule has 0 aromatic carbocycles. The zero-order valence-corrected chi connectivity index (χ0v) is 17.3. The summed E-state index contributed by atoms with van der Waals surface area (Å²) in [5, 5.41) is 8.65. The molecule has 8 heteroatoms. The van der Waals surface area contributed by atoms with Crippen LogP contribution in [0.25, 0.3) is 4.96 Å². The second kappa shape index (κ2) is 6.72. The average Bonchev–Trinajstić information content (AvgIpc) is 3.03. The smallest absolute Gasteiger partial charge is 0.407 e. The fourth-order valence-corrected chi connectivity index (χ4v) is 3.80. The number of aromatic nitrogens is 3.